The van der Waals surface area contributed by atoms with Gasteiger partial charge in [0.2, 0.25) is 5.91 Å². The Hall–Kier alpha value is -3.18. The second-order valence-electron chi connectivity index (χ2n) is 8.69. The van der Waals surface area contributed by atoms with Crippen LogP contribution in [0.2, 0.25) is 5.02 Å². The molecule has 0 saturated carbocycles. The maximum Gasteiger partial charge on any atom is 0.226 e. The maximum absolute atomic E-state index is 13.4. The zero-order valence-electron chi connectivity index (χ0n) is 18.1. The quantitative estimate of drug-likeness (QED) is 0.596. The van der Waals surface area contributed by atoms with Crippen LogP contribution in [0.4, 0.5) is 5.69 Å². The highest BCUT2D eigenvalue weighted by atomic mass is 35.5. The first-order valence-corrected chi connectivity index (χ1v) is 11.2. The van der Waals surface area contributed by atoms with E-state index in [4.69, 9.17) is 11.6 Å². The molecular weight excluding hydrogens is 426 g/mol. The third kappa shape index (κ3) is 3.47. The van der Waals surface area contributed by atoms with Gasteiger partial charge < -0.3 is 14.4 Å². The number of nitriles is 1. The Labute approximate surface area is 191 Å². The van der Waals surface area contributed by atoms with Gasteiger partial charge in [-0.25, -0.2) is 0 Å². The molecule has 1 fully saturated rings. The molecule has 0 aliphatic carbocycles. The highest BCUT2D eigenvalue weighted by molar-refractivity contribution is 6.31. The third-order valence-corrected chi connectivity index (χ3v) is 6.95. The summed E-state index contributed by atoms with van der Waals surface area (Å²) in [6.45, 7) is 7.39. The Kier molecular flexibility index (Phi) is 5.22. The van der Waals surface area contributed by atoms with E-state index in [1.165, 1.54) is 0 Å². The summed E-state index contributed by atoms with van der Waals surface area (Å²) in [5, 5.41) is 19.6. The number of carbonyl (C=O) groups excluding carboxylic acids is 1. The van der Waals surface area contributed by atoms with E-state index >= 15 is 0 Å². The summed E-state index contributed by atoms with van der Waals surface area (Å²) in [5.74, 6) is 2.03. The molecule has 2 atom stereocenters. The van der Waals surface area contributed by atoms with Crippen LogP contribution in [0.3, 0.4) is 0 Å². The number of hydrogen-bond acceptors (Lipinski definition) is 6. The molecule has 164 valence electrons. The highest BCUT2D eigenvalue weighted by Crippen LogP contribution is 2.36. The molecule has 2 aromatic heterocycles. The fraction of sp³-hybridized carbons (Fsp3) is 0.435. The number of carbonyl (C=O) groups is 1. The SMILES string of the molecule is Cc1nnc2n1CCN(C(=O)C1CCN(c3c(C#N)cnc4ccc(Cl)cc34)CC1C)C2. The number of aromatic nitrogens is 4. The van der Waals surface area contributed by atoms with Crippen molar-refractivity contribution in [1.29, 1.82) is 5.26 Å². The average molecular weight is 450 g/mol. The lowest BCUT2D eigenvalue weighted by Crippen LogP contribution is -2.49. The standard InChI is InChI=1S/C23H24ClN7O/c1-14-12-29(22-16(10-25)11-26-20-4-3-17(24)9-19(20)22)6-5-18(14)23(32)30-7-8-31-15(2)27-28-21(31)13-30/h3-4,9,11,14,18H,5-8,12-13H2,1-2H3. The number of piperidine rings is 1. The monoisotopic (exact) mass is 449 g/mol. The summed E-state index contributed by atoms with van der Waals surface area (Å²) in [6.07, 6.45) is 2.36. The van der Waals surface area contributed by atoms with Crippen LogP contribution in [0, 0.1) is 30.1 Å². The Bertz CT molecular complexity index is 1250. The van der Waals surface area contributed by atoms with Crippen molar-refractivity contribution in [2.45, 2.75) is 33.4 Å². The van der Waals surface area contributed by atoms with Gasteiger partial charge in [-0.2, -0.15) is 5.26 Å². The van der Waals surface area contributed by atoms with E-state index in [0.29, 0.717) is 36.8 Å². The molecule has 32 heavy (non-hydrogen) atoms. The molecule has 1 saturated heterocycles. The number of fused-ring (bicyclic) bond motifs is 2. The van der Waals surface area contributed by atoms with Crippen LogP contribution in [0.15, 0.2) is 24.4 Å². The molecule has 0 bridgehead atoms. The Morgan fingerprint density at radius 3 is 2.88 bits per heavy atom. The molecule has 2 aliphatic heterocycles. The summed E-state index contributed by atoms with van der Waals surface area (Å²) >= 11 is 6.25. The Morgan fingerprint density at radius 2 is 2.09 bits per heavy atom. The number of amides is 1. The number of benzene rings is 1. The first-order chi connectivity index (χ1) is 15.5. The fourth-order valence-corrected chi connectivity index (χ4v) is 5.19. The summed E-state index contributed by atoms with van der Waals surface area (Å²) in [4.78, 5) is 21.9. The fourth-order valence-electron chi connectivity index (χ4n) is 5.01. The van der Waals surface area contributed by atoms with E-state index in [9.17, 15) is 10.1 Å². The third-order valence-electron chi connectivity index (χ3n) is 6.71. The average Bonchev–Trinajstić information content (AvgIpc) is 3.17. The van der Waals surface area contributed by atoms with Crippen molar-refractivity contribution < 1.29 is 4.79 Å². The first kappa shape index (κ1) is 20.7. The van der Waals surface area contributed by atoms with E-state index in [1.807, 2.05) is 24.0 Å². The van der Waals surface area contributed by atoms with Crippen LogP contribution in [-0.4, -0.2) is 50.2 Å². The minimum absolute atomic E-state index is 0.0518. The van der Waals surface area contributed by atoms with Crippen molar-refractivity contribution >= 4 is 34.1 Å². The number of nitrogens with zero attached hydrogens (tertiary/aromatic N) is 7. The number of aryl methyl sites for hydroxylation is 1. The smallest absolute Gasteiger partial charge is 0.226 e. The van der Waals surface area contributed by atoms with Crippen LogP contribution < -0.4 is 4.90 Å². The molecule has 0 spiro atoms. The summed E-state index contributed by atoms with van der Waals surface area (Å²) < 4.78 is 2.08. The van der Waals surface area contributed by atoms with E-state index in [2.05, 4.69) is 37.6 Å². The molecule has 3 aromatic rings. The van der Waals surface area contributed by atoms with Crippen LogP contribution in [0.25, 0.3) is 10.9 Å². The molecule has 1 amide bonds. The molecule has 4 heterocycles. The summed E-state index contributed by atoms with van der Waals surface area (Å²) in [7, 11) is 0. The van der Waals surface area contributed by atoms with Crippen LogP contribution in [0.5, 0.6) is 0 Å². The summed E-state index contributed by atoms with van der Waals surface area (Å²) in [6, 6.07) is 7.83. The van der Waals surface area contributed by atoms with Gasteiger partial charge in [0.15, 0.2) is 5.82 Å². The minimum atomic E-state index is -0.0518. The largest absolute Gasteiger partial charge is 0.370 e. The lowest BCUT2D eigenvalue weighted by molar-refractivity contribution is -0.139. The number of rotatable bonds is 2. The molecule has 2 aliphatic rings. The van der Waals surface area contributed by atoms with Gasteiger partial charge in [0.05, 0.1) is 23.3 Å². The van der Waals surface area contributed by atoms with Gasteiger partial charge in [0.1, 0.15) is 11.9 Å². The molecule has 0 radical (unpaired) electrons. The molecule has 1 aromatic carbocycles. The van der Waals surface area contributed by atoms with Gasteiger partial charge in [-0.05, 0) is 37.5 Å². The number of hydrogen-bond donors (Lipinski definition) is 0. The number of anilines is 1. The van der Waals surface area contributed by atoms with Gasteiger partial charge >= 0.3 is 0 Å². The predicted molar refractivity (Wildman–Crippen MR) is 121 cm³/mol. The normalized spacial score (nSPS) is 20.8. The predicted octanol–water partition coefficient (Wildman–Crippen LogP) is 3.16. The van der Waals surface area contributed by atoms with Gasteiger partial charge in [-0.15, -0.1) is 10.2 Å². The van der Waals surface area contributed by atoms with Crippen LogP contribution in [-0.2, 0) is 17.9 Å². The number of pyridine rings is 1. The maximum atomic E-state index is 13.4. The van der Waals surface area contributed by atoms with Gasteiger partial charge in [-0.1, -0.05) is 18.5 Å². The topological polar surface area (TPSA) is 90.9 Å². The lowest BCUT2D eigenvalue weighted by Gasteiger charge is -2.40. The first-order valence-electron chi connectivity index (χ1n) is 10.9. The van der Waals surface area contributed by atoms with Gasteiger partial charge in [0, 0.05) is 48.7 Å². The molecule has 0 N–H and O–H groups in total. The zero-order valence-corrected chi connectivity index (χ0v) is 18.9. The van der Waals surface area contributed by atoms with Crippen molar-refractivity contribution in [3.8, 4) is 6.07 Å². The molecule has 2 unspecified atom stereocenters. The molecular formula is C23H24ClN7O. The van der Waals surface area contributed by atoms with Crippen molar-refractivity contribution in [3.63, 3.8) is 0 Å². The number of halogens is 1. The van der Waals surface area contributed by atoms with E-state index < -0.39 is 0 Å². The Morgan fingerprint density at radius 1 is 1.25 bits per heavy atom. The second-order valence-corrected chi connectivity index (χ2v) is 9.12. The van der Waals surface area contributed by atoms with E-state index in [1.54, 1.807) is 12.3 Å². The zero-order chi connectivity index (χ0) is 22.4. The van der Waals surface area contributed by atoms with Crippen LogP contribution in [0.1, 0.15) is 30.6 Å². The van der Waals surface area contributed by atoms with Crippen LogP contribution >= 0.6 is 11.6 Å². The van der Waals surface area contributed by atoms with E-state index in [-0.39, 0.29) is 17.7 Å². The molecule has 9 heteroatoms. The van der Waals surface area contributed by atoms with Gasteiger partial charge in [-0.3, -0.25) is 9.78 Å². The van der Waals surface area contributed by atoms with Crippen molar-refractivity contribution in [1.82, 2.24) is 24.6 Å². The lowest BCUT2D eigenvalue weighted by atomic mass is 9.85. The summed E-state index contributed by atoms with van der Waals surface area (Å²) in [5.41, 5.74) is 2.20. The Balaban J connectivity index is 1.37. The minimum Gasteiger partial charge on any atom is -0.370 e. The molecule has 5 rings (SSSR count). The molecule has 8 nitrogen and oxygen atoms in total. The second kappa shape index (κ2) is 8.06. The van der Waals surface area contributed by atoms with E-state index in [0.717, 1.165) is 41.2 Å². The highest BCUT2D eigenvalue weighted by Gasteiger charge is 2.36. The van der Waals surface area contributed by atoms with Crippen molar-refractivity contribution in [3.05, 3.63) is 46.6 Å². The van der Waals surface area contributed by atoms with Crippen molar-refractivity contribution in [2.24, 2.45) is 11.8 Å². The van der Waals surface area contributed by atoms with Gasteiger partial charge in [0.25, 0.3) is 0 Å². The van der Waals surface area contributed by atoms with Crippen molar-refractivity contribution in [2.75, 3.05) is 24.5 Å².